The van der Waals surface area contributed by atoms with Crippen molar-refractivity contribution in [1.82, 2.24) is 0 Å². The zero-order chi connectivity index (χ0) is 0. The Labute approximate surface area is 57.3 Å². The number of rotatable bonds is 0. The van der Waals surface area contributed by atoms with Crippen molar-refractivity contribution >= 4 is 0 Å². The molecule has 0 unspecified atom stereocenters. The fourth-order valence-electron chi connectivity index (χ4n) is 0. The van der Waals surface area contributed by atoms with E-state index in [4.69, 9.17) is 0 Å². The maximum Gasteiger partial charge on any atom is 2.00 e. The van der Waals surface area contributed by atoms with Crippen LogP contribution in [-0.2, 0) is 17.1 Å². The smallest absolute Gasteiger partial charge is 0.870 e. The van der Waals surface area contributed by atoms with Crippen LogP contribution in [0.25, 0.3) is 0 Å². The summed E-state index contributed by atoms with van der Waals surface area (Å²) in [4.78, 5) is 0. The molecule has 0 spiro atoms. The third-order valence-electron chi connectivity index (χ3n) is 0. The first-order valence-electron chi connectivity index (χ1n) is 0. The first-order chi connectivity index (χ1) is 0. The van der Waals surface area contributed by atoms with Crippen molar-refractivity contribution in [3.63, 3.8) is 0 Å². The third-order valence-corrected chi connectivity index (χ3v) is 0. The molecule has 0 aliphatic carbocycles. The van der Waals surface area contributed by atoms with Crippen LogP contribution in [0, 0.1) is 0 Å². The molecule has 0 aliphatic rings. The molecule has 0 heterocycles. The Morgan fingerprint density at radius 3 is 0.750 bits per heavy atom. The largest absolute Gasteiger partial charge is 2.00 e. The van der Waals surface area contributed by atoms with Crippen LogP contribution in [0.4, 0.5) is 0 Å². The fraction of sp³-hybridized carbons (Fsp3) is 0. The quantitative estimate of drug-likeness (QED) is 0.308. The van der Waals surface area contributed by atoms with Gasteiger partial charge in [-0.1, -0.05) is 0 Å². The third kappa shape index (κ3) is 9.88. The maximum absolute atomic E-state index is 0. The molecule has 0 amide bonds. The molecule has 4 heavy (non-hydrogen) atoms. The van der Waals surface area contributed by atoms with E-state index in [1.165, 1.54) is 0 Å². The van der Waals surface area contributed by atoms with E-state index in [0.29, 0.717) is 0 Å². The number of hydrogen-bond donors (Lipinski definition) is 0. The van der Waals surface area contributed by atoms with Crippen molar-refractivity contribution < 1.29 is 57.6 Å². The van der Waals surface area contributed by atoms with E-state index in [9.17, 15) is 0 Å². The molecule has 0 radical (unpaired) electrons. The van der Waals surface area contributed by atoms with Gasteiger partial charge in [-0.2, -0.15) is 0 Å². The monoisotopic (exact) mass is 113 g/mol. The predicted molar refractivity (Wildman–Crippen MR) is 3.87 cm³/mol. The molecule has 0 saturated carbocycles. The zero-order valence-electron chi connectivity index (χ0n) is 2.25. The summed E-state index contributed by atoms with van der Waals surface area (Å²) in [6.45, 7) is 0. The van der Waals surface area contributed by atoms with Crippen molar-refractivity contribution in [3.05, 3.63) is 0 Å². The summed E-state index contributed by atoms with van der Waals surface area (Å²) in [5.41, 5.74) is 0. The molecule has 0 aliphatic heterocycles. The van der Waals surface area contributed by atoms with Gasteiger partial charge < -0.3 is 11.0 Å². The Bertz CT molecular complexity index is 6.00. The van der Waals surface area contributed by atoms with E-state index in [2.05, 4.69) is 0 Å². The first-order valence-corrected chi connectivity index (χ1v) is 0. The van der Waals surface area contributed by atoms with E-state index < -0.39 is 0 Å². The van der Waals surface area contributed by atoms with Gasteiger partial charge in [0, 0.05) is 0 Å². The maximum atomic E-state index is 0. The van der Waals surface area contributed by atoms with Crippen LogP contribution in [0.5, 0.6) is 0 Å². The van der Waals surface area contributed by atoms with E-state index in [1.807, 2.05) is 0 Å². The van der Waals surface area contributed by atoms with Gasteiger partial charge in [-0.25, -0.2) is 0 Å². The number of hydrogen-bond acceptors (Lipinski definition) is 2. The van der Waals surface area contributed by atoms with Crippen molar-refractivity contribution in [3.8, 4) is 0 Å². The topological polar surface area (TPSA) is 60.0 Å². The molecule has 0 bridgehead atoms. The standard InChI is InChI=1S/Fe.Na.2H2O/h;;2*1H2/q+2;+1;;/p-2. The molecule has 2 nitrogen and oxygen atoms in total. The first kappa shape index (κ1) is 51.7. The summed E-state index contributed by atoms with van der Waals surface area (Å²) in [6, 6.07) is 0. The van der Waals surface area contributed by atoms with Crippen molar-refractivity contribution in [2.75, 3.05) is 0 Å². The Balaban J connectivity index is 0. The molecule has 0 aromatic carbocycles. The van der Waals surface area contributed by atoms with Gasteiger partial charge in [-0.05, 0) is 0 Å². The Kier molecular flexibility index (Phi) is 328. The minimum atomic E-state index is 0. The Morgan fingerprint density at radius 2 is 0.750 bits per heavy atom. The second-order valence-electron chi connectivity index (χ2n) is 0. The minimum absolute atomic E-state index is 0. The molecule has 0 aromatic rings. The minimum Gasteiger partial charge on any atom is -0.870 e. The van der Waals surface area contributed by atoms with Crippen molar-refractivity contribution in [2.45, 2.75) is 0 Å². The van der Waals surface area contributed by atoms with E-state index in [0.717, 1.165) is 0 Å². The summed E-state index contributed by atoms with van der Waals surface area (Å²) >= 11 is 0. The Hall–Kier alpha value is 1.44. The summed E-state index contributed by atoms with van der Waals surface area (Å²) in [5.74, 6) is 0. The van der Waals surface area contributed by atoms with Crippen LogP contribution in [0.1, 0.15) is 0 Å². The summed E-state index contributed by atoms with van der Waals surface area (Å²) in [7, 11) is 0. The van der Waals surface area contributed by atoms with Crippen LogP contribution < -0.4 is 29.6 Å². The predicted octanol–water partition coefficient (Wildman–Crippen LogP) is -3.35. The second kappa shape index (κ2) is 25.3. The van der Waals surface area contributed by atoms with E-state index >= 15 is 0 Å². The SMILES string of the molecule is [Fe+2].[Na+].[OH-].[OH-]. The Morgan fingerprint density at radius 1 is 0.750 bits per heavy atom. The van der Waals surface area contributed by atoms with Gasteiger partial charge in [0.1, 0.15) is 0 Å². The van der Waals surface area contributed by atoms with Crippen LogP contribution in [0.3, 0.4) is 0 Å². The molecular formula is H2FeNaO2+. The van der Waals surface area contributed by atoms with Crippen molar-refractivity contribution in [1.29, 1.82) is 0 Å². The van der Waals surface area contributed by atoms with Gasteiger partial charge in [0.05, 0.1) is 0 Å². The molecule has 0 rings (SSSR count). The van der Waals surface area contributed by atoms with Crippen molar-refractivity contribution in [2.24, 2.45) is 0 Å². The van der Waals surface area contributed by atoms with Gasteiger partial charge >= 0.3 is 46.6 Å². The summed E-state index contributed by atoms with van der Waals surface area (Å²) < 4.78 is 0. The van der Waals surface area contributed by atoms with Gasteiger partial charge in [0.15, 0.2) is 0 Å². The molecule has 2 N–H and O–H groups in total. The van der Waals surface area contributed by atoms with Gasteiger partial charge in [0.2, 0.25) is 0 Å². The van der Waals surface area contributed by atoms with E-state index in [-0.39, 0.29) is 57.6 Å². The molecule has 0 aromatic heterocycles. The normalized spacial score (nSPS) is 0. The molecule has 0 saturated heterocycles. The molecule has 0 atom stereocenters. The molecular weight excluding hydrogens is 111 g/mol. The van der Waals surface area contributed by atoms with Gasteiger partial charge in [-0.3, -0.25) is 0 Å². The van der Waals surface area contributed by atoms with Crippen LogP contribution in [-0.4, -0.2) is 11.0 Å². The summed E-state index contributed by atoms with van der Waals surface area (Å²) in [6.07, 6.45) is 0. The average Bonchev–Trinajstić information content (AvgIpc) is 0. The van der Waals surface area contributed by atoms with Gasteiger partial charge in [-0.15, -0.1) is 0 Å². The average molecular weight is 113 g/mol. The van der Waals surface area contributed by atoms with E-state index in [1.54, 1.807) is 0 Å². The van der Waals surface area contributed by atoms with Crippen LogP contribution in [0.15, 0.2) is 0 Å². The van der Waals surface area contributed by atoms with Crippen LogP contribution in [0.2, 0.25) is 0 Å². The second-order valence-corrected chi connectivity index (χ2v) is 0. The van der Waals surface area contributed by atoms with Crippen LogP contribution >= 0.6 is 0 Å². The molecule has 0 fully saturated rings. The molecule has 22 valence electrons. The zero-order valence-corrected chi connectivity index (χ0v) is 5.35. The summed E-state index contributed by atoms with van der Waals surface area (Å²) in [5, 5.41) is 0. The van der Waals surface area contributed by atoms with Gasteiger partial charge in [0.25, 0.3) is 0 Å². The molecule has 4 heteroatoms. The fourth-order valence-corrected chi connectivity index (χ4v) is 0.